The van der Waals surface area contributed by atoms with Crippen LogP contribution in [-0.2, 0) is 17.5 Å². The van der Waals surface area contributed by atoms with Crippen LogP contribution in [0.15, 0.2) is 24.3 Å². The highest BCUT2D eigenvalue weighted by atomic mass is 19.4. The maximum absolute atomic E-state index is 12.4. The molecule has 1 aliphatic carbocycles. The molecule has 1 aromatic rings. The Bertz CT molecular complexity index is 394. The van der Waals surface area contributed by atoms with Crippen LogP contribution in [0.2, 0.25) is 0 Å². The lowest BCUT2D eigenvalue weighted by Gasteiger charge is -2.26. The number of nitrogens with two attached hydrogens (primary N) is 1. The molecule has 0 radical (unpaired) electrons. The van der Waals surface area contributed by atoms with Crippen molar-refractivity contribution in [2.45, 2.75) is 50.6 Å². The number of alkyl halides is 3. The van der Waals surface area contributed by atoms with E-state index in [1.165, 1.54) is 12.1 Å². The smallest absolute Gasteiger partial charge is 0.374 e. The van der Waals surface area contributed by atoms with Gasteiger partial charge < -0.3 is 10.5 Å². The molecule has 1 fully saturated rings. The van der Waals surface area contributed by atoms with Gasteiger partial charge in [-0.1, -0.05) is 12.1 Å². The van der Waals surface area contributed by atoms with Gasteiger partial charge in [0.05, 0.1) is 18.3 Å². The first-order chi connectivity index (χ1) is 8.95. The largest absolute Gasteiger partial charge is 0.416 e. The van der Waals surface area contributed by atoms with Crippen molar-refractivity contribution in [2.24, 2.45) is 5.73 Å². The number of hydrogen-bond acceptors (Lipinski definition) is 2. The molecule has 2 nitrogen and oxygen atoms in total. The zero-order valence-corrected chi connectivity index (χ0v) is 10.6. The second-order valence-corrected chi connectivity index (χ2v) is 5.04. The van der Waals surface area contributed by atoms with Crippen molar-refractivity contribution in [3.8, 4) is 0 Å². The number of halogens is 3. The molecule has 0 aliphatic heterocycles. The normalized spacial score (nSPS) is 24.4. The van der Waals surface area contributed by atoms with Gasteiger partial charge in [0, 0.05) is 6.04 Å². The fourth-order valence-electron chi connectivity index (χ4n) is 2.26. The van der Waals surface area contributed by atoms with E-state index < -0.39 is 11.7 Å². The summed E-state index contributed by atoms with van der Waals surface area (Å²) >= 11 is 0. The summed E-state index contributed by atoms with van der Waals surface area (Å²) in [4.78, 5) is 0. The number of benzene rings is 1. The SMILES string of the molecule is NC1CCC(OCc2ccc(C(F)(F)F)cc2)CC1. The predicted molar refractivity (Wildman–Crippen MR) is 66.5 cm³/mol. The Labute approximate surface area is 110 Å². The molecule has 0 amide bonds. The van der Waals surface area contributed by atoms with Crippen molar-refractivity contribution < 1.29 is 17.9 Å². The molecule has 0 unspecified atom stereocenters. The second-order valence-electron chi connectivity index (χ2n) is 5.04. The van der Waals surface area contributed by atoms with Crippen LogP contribution in [0.5, 0.6) is 0 Å². The average Bonchev–Trinajstić information content (AvgIpc) is 2.37. The van der Waals surface area contributed by atoms with Crippen LogP contribution >= 0.6 is 0 Å². The highest BCUT2D eigenvalue weighted by molar-refractivity contribution is 5.24. The van der Waals surface area contributed by atoms with Gasteiger partial charge in [-0.2, -0.15) is 13.2 Å². The van der Waals surface area contributed by atoms with Crippen LogP contribution < -0.4 is 5.73 Å². The lowest BCUT2D eigenvalue weighted by molar-refractivity contribution is -0.137. The molecule has 2 N–H and O–H groups in total. The van der Waals surface area contributed by atoms with E-state index >= 15 is 0 Å². The fraction of sp³-hybridized carbons (Fsp3) is 0.571. The summed E-state index contributed by atoms with van der Waals surface area (Å²) in [5.41, 5.74) is 5.94. The van der Waals surface area contributed by atoms with Crippen LogP contribution in [0, 0.1) is 0 Å². The molecule has 2 rings (SSSR count). The van der Waals surface area contributed by atoms with Gasteiger partial charge in [-0.05, 0) is 43.4 Å². The Morgan fingerprint density at radius 1 is 1.05 bits per heavy atom. The molecule has 5 heteroatoms. The third-order valence-electron chi connectivity index (χ3n) is 3.49. The maximum Gasteiger partial charge on any atom is 0.416 e. The number of ether oxygens (including phenoxy) is 1. The highest BCUT2D eigenvalue weighted by Crippen LogP contribution is 2.29. The molecular formula is C14H18F3NO. The topological polar surface area (TPSA) is 35.2 Å². The first-order valence-electron chi connectivity index (χ1n) is 6.48. The number of hydrogen-bond donors (Lipinski definition) is 1. The minimum atomic E-state index is -4.28. The van der Waals surface area contributed by atoms with Crippen LogP contribution in [0.1, 0.15) is 36.8 Å². The van der Waals surface area contributed by atoms with Gasteiger partial charge in [-0.25, -0.2) is 0 Å². The summed E-state index contributed by atoms with van der Waals surface area (Å²) < 4.78 is 42.9. The standard InChI is InChI=1S/C14H18F3NO/c15-14(16,17)11-3-1-10(2-4-11)9-19-13-7-5-12(18)6-8-13/h1-4,12-13H,5-9,18H2. The quantitative estimate of drug-likeness (QED) is 0.915. The molecule has 1 aromatic carbocycles. The first-order valence-corrected chi connectivity index (χ1v) is 6.48. The fourth-order valence-corrected chi connectivity index (χ4v) is 2.26. The van der Waals surface area contributed by atoms with E-state index in [2.05, 4.69) is 0 Å². The Balaban J connectivity index is 1.83. The van der Waals surface area contributed by atoms with Gasteiger partial charge in [0.15, 0.2) is 0 Å². The Morgan fingerprint density at radius 2 is 1.63 bits per heavy atom. The Morgan fingerprint density at radius 3 is 2.16 bits per heavy atom. The molecule has 0 spiro atoms. The summed E-state index contributed by atoms with van der Waals surface area (Å²) in [7, 11) is 0. The molecule has 19 heavy (non-hydrogen) atoms. The van der Waals surface area contributed by atoms with Gasteiger partial charge in [0.2, 0.25) is 0 Å². The van der Waals surface area contributed by atoms with Crippen molar-refractivity contribution in [3.63, 3.8) is 0 Å². The summed E-state index contributed by atoms with van der Waals surface area (Å²) in [6.45, 7) is 0.359. The van der Waals surface area contributed by atoms with E-state index in [9.17, 15) is 13.2 Å². The minimum absolute atomic E-state index is 0.182. The van der Waals surface area contributed by atoms with Crippen molar-refractivity contribution in [3.05, 3.63) is 35.4 Å². The van der Waals surface area contributed by atoms with Crippen molar-refractivity contribution in [2.75, 3.05) is 0 Å². The maximum atomic E-state index is 12.4. The van der Waals surface area contributed by atoms with E-state index in [4.69, 9.17) is 10.5 Å². The summed E-state index contributed by atoms with van der Waals surface area (Å²) in [5, 5.41) is 0. The van der Waals surface area contributed by atoms with Crippen molar-refractivity contribution in [1.29, 1.82) is 0 Å². The lowest BCUT2D eigenvalue weighted by atomic mass is 9.94. The molecule has 0 heterocycles. The Kier molecular flexibility index (Phi) is 4.47. The van der Waals surface area contributed by atoms with Crippen molar-refractivity contribution in [1.82, 2.24) is 0 Å². The van der Waals surface area contributed by atoms with Crippen LogP contribution in [-0.4, -0.2) is 12.1 Å². The zero-order chi connectivity index (χ0) is 13.9. The van der Waals surface area contributed by atoms with Crippen LogP contribution in [0.25, 0.3) is 0 Å². The molecule has 1 aliphatic rings. The predicted octanol–water partition coefficient (Wildman–Crippen LogP) is 3.49. The van der Waals surface area contributed by atoms with E-state index in [0.29, 0.717) is 6.61 Å². The lowest BCUT2D eigenvalue weighted by Crippen LogP contribution is -2.30. The van der Waals surface area contributed by atoms with Gasteiger partial charge in [-0.15, -0.1) is 0 Å². The summed E-state index contributed by atoms with van der Waals surface area (Å²) in [6, 6.07) is 5.39. The van der Waals surface area contributed by atoms with E-state index in [-0.39, 0.29) is 12.1 Å². The molecule has 0 aromatic heterocycles. The van der Waals surface area contributed by atoms with E-state index in [1.54, 1.807) is 0 Å². The van der Waals surface area contributed by atoms with Gasteiger partial charge in [-0.3, -0.25) is 0 Å². The zero-order valence-electron chi connectivity index (χ0n) is 10.6. The third kappa shape index (κ3) is 4.21. The summed E-state index contributed by atoms with van der Waals surface area (Å²) in [5.74, 6) is 0. The molecule has 0 saturated heterocycles. The Hall–Kier alpha value is -1.07. The van der Waals surface area contributed by atoms with Crippen molar-refractivity contribution >= 4 is 0 Å². The molecule has 106 valence electrons. The molecule has 0 bridgehead atoms. The van der Waals surface area contributed by atoms with Crippen LogP contribution in [0.4, 0.5) is 13.2 Å². The monoisotopic (exact) mass is 273 g/mol. The van der Waals surface area contributed by atoms with E-state index in [0.717, 1.165) is 43.4 Å². The van der Waals surface area contributed by atoms with Gasteiger partial charge >= 0.3 is 6.18 Å². The molecule has 1 saturated carbocycles. The summed E-state index contributed by atoms with van der Waals surface area (Å²) in [6.07, 6.45) is -0.320. The number of rotatable bonds is 3. The third-order valence-corrected chi connectivity index (χ3v) is 3.49. The average molecular weight is 273 g/mol. The molecule has 0 atom stereocenters. The van der Waals surface area contributed by atoms with Gasteiger partial charge in [0.25, 0.3) is 0 Å². The minimum Gasteiger partial charge on any atom is -0.374 e. The first kappa shape index (κ1) is 14.3. The van der Waals surface area contributed by atoms with E-state index in [1.807, 2.05) is 0 Å². The van der Waals surface area contributed by atoms with Gasteiger partial charge in [0.1, 0.15) is 0 Å². The highest BCUT2D eigenvalue weighted by Gasteiger charge is 2.29. The molecular weight excluding hydrogens is 255 g/mol. The second kappa shape index (κ2) is 5.92. The van der Waals surface area contributed by atoms with Crippen LogP contribution in [0.3, 0.4) is 0 Å².